The van der Waals surface area contributed by atoms with Crippen LogP contribution in [0.15, 0.2) is 78.2 Å². The molecule has 4 rings (SSSR count). The van der Waals surface area contributed by atoms with Crippen LogP contribution in [0.2, 0.25) is 5.02 Å². The topological polar surface area (TPSA) is 43.6 Å². The molecule has 0 radical (unpaired) electrons. The van der Waals surface area contributed by atoms with E-state index in [0.29, 0.717) is 28.0 Å². The highest BCUT2D eigenvalue weighted by Crippen LogP contribution is 2.30. The van der Waals surface area contributed by atoms with Gasteiger partial charge in [-0.15, -0.1) is 10.2 Å². The van der Waals surface area contributed by atoms with Crippen molar-refractivity contribution in [3.05, 3.63) is 95.0 Å². The van der Waals surface area contributed by atoms with Crippen molar-refractivity contribution in [2.45, 2.75) is 17.5 Å². The van der Waals surface area contributed by atoms with Gasteiger partial charge in [0.1, 0.15) is 5.82 Å². The fraction of sp³-hybridized carbons (Fsp3) is 0.0952. The number of hydrogen-bond acceptors (Lipinski definition) is 4. The van der Waals surface area contributed by atoms with Crippen LogP contribution in [0.25, 0.3) is 11.4 Å². The highest BCUT2D eigenvalue weighted by Gasteiger charge is 2.16. The molecule has 0 aliphatic rings. The summed E-state index contributed by atoms with van der Waals surface area (Å²) in [6.45, 7) is 0.603. The van der Waals surface area contributed by atoms with E-state index in [1.165, 1.54) is 17.8 Å². The zero-order valence-electron chi connectivity index (χ0n) is 14.8. The van der Waals surface area contributed by atoms with Crippen molar-refractivity contribution >= 4 is 23.4 Å². The molecule has 4 aromatic rings. The lowest BCUT2D eigenvalue weighted by molar-refractivity contribution is 0.617. The molecule has 0 bridgehead atoms. The van der Waals surface area contributed by atoms with Gasteiger partial charge in [0.2, 0.25) is 0 Å². The number of nitrogens with zero attached hydrogens (tertiary/aromatic N) is 4. The summed E-state index contributed by atoms with van der Waals surface area (Å²) in [6.07, 6.45) is 3.48. The first-order chi connectivity index (χ1) is 13.7. The van der Waals surface area contributed by atoms with Gasteiger partial charge in [-0.1, -0.05) is 59.8 Å². The predicted octanol–water partition coefficient (Wildman–Crippen LogP) is 5.47. The Balaban J connectivity index is 1.68. The number of pyridine rings is 1. The average Bonchev–Trinajstić information content (AvgIpc) is 3.11. The summed E-state index contributed by atoms with van der Waals surface area (Å²) >= 11 is 7.57. The van der Waals surface area contributed by atoms with E-state index in [1.54, 1.807) is 24.5 Å². The maximum absolute atomic E-state index is 14.1. The smallest absolute Gasteiger partial charge is 0.192 e. The van der Waals surface area contributed by atoms with Crippen molar-refractivity contribution in [1.29, 1.82) is 0 Å². The SMILES string of the molecule is Fc1cccc(Cl)c1CSc1nnc(-c2cccnc2)n1Cc1ccccc1. The minimum Gasteiger partial charge on any atom is -0.297 e. The van der Waals surface area contributed by atoms with Crippen molar-refractivity contribution in [2.24, 2.45) is 0 Å². The van der Waals surface area contributed by atoms with Crippen LogP contribution in [0.1, 0.15) is 11.1 Å². The number of rotatable bonds is 6. The highest BCUT2D eigenvalue weighted by molar-refractivity contribution is 7.98. The maximum atomic E-state index is 14.1. The molecular formula is C21H16ClFN4S. The molecule has 0 aliphatic heterocycles. The fourth-order valence-corrected chi connectivity index (χ4v) is 4.10. The van der Waals surface area contributed by atoms with Crippen LogP contribution in [0, 0.1) is 5.82 Å². The van der Waals surface area contributed by atoms with Crippen molar-refractivity contribution in [1.82, 2.24) is 19.7 Å². The Morgan fingerprint density at radius 1 is 0.964 bits per heavy atom. The highest BCUT2D eigenvalue weighted by atomic mass is 35.5. The van der Waals surface area contributed by atoms with Gasteiger partial charge in [0.25, 0.3) is 0 Å². The van der Waals surface area contributed by atoms with Crippen LogP contribution >= 0.6 is 23.4 Å². The van der Waals surface area contributed by atoms with E-state index in [9.17, 15) is 4.39 Å². The molecule has 0 saturated carbocycles. The molecule has 0 saturated heterocycles. The van der Waals surface area contributed by atoms with Crippen LogP contribution in [0.3, 0.4) is 0 Å². The molecule has 0 N–H and O–H groups in total. The Hall–Kier alpha value is -2.70. The van der Waals surface area contributed by atoms with Gasteiger partial charge in [-0.05, 0) is 29.8 Å². The summed E-state index contributed by atoms with van der Waals surface area (Å²) in [7, 11) is 0. The van der Waals surface area contributed by atoms with Crippen LogP contribution in [-0.2, 0) is 12.3 Å². The first-order valence-corrected chi connectivity index (χ1v) is 10.0. The minimum absolute atomic E-state index is 0.318. The predicted molar refractivity (Wildman–Crippen MR) is 110 cm³/mol. The van der Waals surface area contributed by atoms with Gasteiger partial charge in [-0.3, -0.25) is 9.55 Å². The Labute approximate surface area is 171 Å². The molecule has 2 aromatic carbocycles. The third kappa shape index (κ3) is 4.08. The summed E-state index contributed by atoms with van der Waals surface area (Å²) in [5.41, 5.74) is 2.46. The molecule has 0 atom stereocenters. The van der Waals surface area contributed by atoms with Gasteiger partial charge in [0, 0.05) is 34.3 Å². The molecule has 7 heteroatoms. The van der Waals surface area contributed by atoms with E-state index in [4.69, 9.17) is 11.6 Å². The second-order valence-electron chi connectivity index (χ2n) is 6.11. The lowest BCUT2D eigenvalue weighted by Gasteiger charge is -2.11. The monoisotopic (exact) mass is 410 g/mol. The maximum Gasteiger partial charge on any atom is 0.192 e. The molecule has 2 heterocycles. The number of thioether (sulfide) groups is 1. The minimum atomic E-state index is -0.318. The van der Waals surface area contributed by atoms with Crippen LogP contribution in [-0.4, -0.2) is 19.7 Å². The number of aromatic nitrogens is 4. The Morgan fingerprint density at radius 3 is 2.57 bits per heavy atom. The fourth-order valence-electron chi connectivity index (χ4n) is 2.82. The first-order valence-electron chi connectivity index (χ1n) is 8.65. The second kappa shape index (κ2) is 8.54. The van der Waals surface area contributed by atoms with E-state index in [1.807, 2.05) is 34.9 Å². The second-order valence-corrected chi connectivity index (χ2v) is 7.46. The van der Waals surface area contributed by atoms with Crippen molar-refractivity contribution in [3.8, 4) is 11.4 Å². The standard InChI is InChI=1S/C21H16ClFN4S/c22-18-9-4-10-19(23)17(18)14-28-21-26-25-20(16-8-5-11-24-12-16)27(21)13-15-6-2-1-3-7-15/h1-12H,13-14H2. The molecular weight excluding hydrogens is 395 g/mol. The third-order valence-electron chi connectivity index (χ3n) is 4.23. The lowest BCUT2D eigenvalue weighted by Crippen LogP contribution is -2.04. The van der Waals surface area contributed by atoms with Gasteiger partial charge in [0.05, 0.1) is 6.54 Å². The Kier molecular flexibility index (Phi) is 5.69. The first kappa shape index (κ1) is 18.7. The van der Waals surface area contributed by atoms with Gasteiger partial charge < -0.3 is 0 Å². The molecule has 140 valence electrons. The summed E-state index contributed by atoms with van der Waals surface area (Å²) in [6, 6.07) is 18.6. The molecule has 0 aliphatic carbocycles. The van der Waals surface area contributed by atoms with E-state index < -0.39 is 0 Å². The van der Waals surface area contributed by atoms with E-state index in [-0.39, 0.29) is 5.82 Å². The van der Waals surface area contributed by atoms with Crippen LogP contribution < -0.4 is 0 Å². The van der Waals surface area contributed by atoms with E-state index >= 15 is 0 Å². The number of hydrogen-bond donors (Lipinski definition) is 0. The Morgan fingerprint density at radius 2 is 1.82 bits per heavy atom. The van der Waals surface area contributed by atoms with Gasteiger partial charge in [0.15, 0.2) is 11.0 Å². The largest absolute Gasteiger partial charge is 0.297 e. The van der Waals surface area contributed by atoms with Gasteiger partial charge in [-0.2, -0.15) is 0 Å². The van der Waals surface area contributed by atoms with Crippen LogP contribution in [0.5, 0.6) is 0 Å². The molecule has 0 unspecified atom stereocenters. The molecule has 28 heavy (non-hydrogen) atoms. The average molecular weight is 411 g/mol. The zero-order valence-corrected chi connectivity index (χ0v) is 16.4. The number of benzene rings is 2. The zero-order chi connectivity index (χ0) is 19.3. The lowest BCUT2D eigenvalue weighted by atomic mass is 10.2. The third-order valence-corrected chi connectivity index (χ3v) is 5.57. The summed E-state index contributed by atoms with van der Waals surface area (Å²) in [5, 5.41) is 9.82. The summed E-state index contributed by atoms with van der Waals surface area (Å²) in [5.74, 6) is 0.770. The Bertz CT molecular complexity index is 1050. The van der Waals surface area contributed by atoms with Crippen molar-refractivity contribution < 1.29 is 4.39 Å². The van der Waals surface area contributed by atoms with Gasteiger partial charge in [-0.25, -0.2) is 4.39 Å². The molecule has 0 fully saturated rings. The van der Waals surface area contributed by atoms with E-state index in [0.717, 1.165) is 17.0 Å². The van der Waals surface area contributed by atoms with Crippen LogP contribution in [0.4, 0.5) is 4.39 Å². The molecule has 0 spiro atoms. The molecule has 2 aromatic heterocycles. The van der Waals surface area contributed by atoms with Crippen molar-refractivity contribution in [3.63, 3.8) is 0 Å². The van der Waals surface area contributed by atoms with E-state index in [2.05, 4.69) is 27.3 Å². The van der Waals surface area contributed by atoms with Gasteiger partial charge >= 0.3 is 0 Å². The molecule has 0 amide bonds. The van der Waals surface area contributed by atoms with Crippen molar-refractivity contribution in [2.75, 3.05) is 0 Å². The quantitative estimate of drug-likeness (QED) is 0.395. The summed E-state index contributed by atoms with van der Waals surface area (Å²) in [4.78, 5) is 4.18. The summed E-state index contributed by atoms with van der Waals surface area (Å²) < 4.78 is 16.1. The normalized spacial score (nSPS) is 10.9. The number of halogens is 2. The molecule has 4 nitrogen and oxygen atoms in total.